The van der Waals surface area contributed by atoms with Gasteiger partial charge in [-0.05, 0) is 37.8 Å². The molecule has 5 rings (SSSR count). The van der Waals surface area contributed by atoms with Crippen LogP contribution in [0.25, 0.3) is 0 Å². The highest BCUT2D eigenvalue weighted by Gasteiger charge is 2.37. The van der Waals surface area contributed by atoms with Crippen LogP contribution in [0.4, 0.5) is 18.3 Å². The molecular formula is C22H22F3N5OS. The van der Waals surface area contributed by atoms with Gasteiger partial charge in [-0.2, -0.15) is 18.3 Å². The van der Waals surface area contributed by atoms with E-state index in [2.05, 4.69) is 15.2 Å². The summed E-state index contributed by atoms with van der Waals surface area (Å²) in [6, 6.07) is 11.0. The Bertz CT molecular complexity index is 1120. The van der Waals surface area contributed by atoms with Crippen molar-refractivity contribution in [1.29, 1.82) is 0 Å². The van der Waals surface area contributed by atoms with Gasteiger partial charge in [-0.25, -0.2) is 9.67 Å². The number of hydrogen-bond donors (Lipinski definition) is 0. The molecular weight excluding hydrogens is 439 g/mol. The Hall–Kier alpha value is -2.88. The number of anilines is 1. The molecule has 6 nitrogen and oxygen atoms in total. The summed E-state index contributed by atoms with van der Waals surface area (Å²) >= 11 is 1.47. The summed E-state index contributed by atoms with van der Waals surface area (Å²) in [4.78, 5) is 12.5. The van der Waals surface area contributed by atoms with Crippen LogP contribution >= 0.6 is 11.3 Å². The first-order chi connectivity index (χ1) is 15.4. The topological polar surface area (TPSA) is 55.5 Å². The van der Waals surface area contributed by atoms with Crippen molar-refractivity contribution < 1.29 is 18.0 Å². The minimum absolute atomic E-state index is 0.133. The number of aryl methyl sites for hydroxylation is 1. The van der Waals surface area contributed by atoms with Gasteiger partial charge in [-0.1, -0.05) is 35.5 Å². The molecule has 2 aliphatic heterocycles. The maximum absolute atomic E-state index is 13.2. The fourth-order valence-electron chi connectivity index (χ4n) is 4.22. The van der Waals surface area contributed by atoms with Crippen LogP contribution in [0.1, 0.15) is 60.6 Å². The molecule has 168 valence electrons. The van der Waals surface area contributed by atoms with E-state index in [4.69, 9.17) is 9.82 Å². The molecule has 1 aromatic carbocycles. The van der Waals surface area contributed by atoms with E-state index in [9.17, 15) is 13.2 Å². The van der Waals surface area contributed by atoms with Crippen LogP contribution in [0.5, 0.6) is 0 Å². The fourth-order valence-corrected chi connectivity index (χ4v) is 5.13. The summed E-state index contributed by atoms with van der Waals surface area (Å²) in [6.45, 7) is 2.38. The van der Waals surface area contributed by atoms with Gasteiger partial charge in [-0.15, -0.1) is 11.3 Å². The smallest absolute Gasteiger partial charge is 0.387 e. The van der Waals surface area contributed by atoms with Crippen LogP contribution < -0.4 is 4.90 Å². The number of halogens is 3. The molecule has 2 aromatic heterocycles. The first-order valence-corrected chi connectivity index (χ1v) is 11.4. The zero-order valence-electron chi connectivity index (χ0n) is 17.4. The highest BCUT2D eigenvalue weighted by atomic mass is 32.1. The van der Waals surface area contributed by atoms with Crippen molar-refractivity contribution in [2.45, 2.75) is 51.1 Å². The quantitative estimate of drug-likeness (QED) is 0.499. The van der Waals surface area contributed by atoms with Crippen molar-refractivity contribution in [3.8, 4) is 0 Å². The van der Waals surface area contributed by atoms with Crippen LogP contribution in [0.15, 0.2) is 46.9 Å². The van der Waals surface area contributed by atoms with Crippen LogP contribution in [0, 0.1) is 6.92 Å². The molecule has 2 aliphatic rings. The number of alkyl halides is 3. The Balaban J connectivity index is 1.36. The molecule has 0 radical (unpaired) electrons. The maximum Gasteiger partial charge on any atom is 0.435 e. The van der Waals surface area contributed by atoms with Crippen molar-refractivity contribution in [3.05, 3.63) is 64.4 Å². The molecule has 2 unspecified atom stereocenters. The minimum Gasteiger partial charge on any atom is -0.387 e. The molecule has 0 spiro atoms. The van der Waals surface area contributed by atoms with Crippen LogP contribution in [0.3, 0.4) is 0 Å². The largest absolute Gasteiger partial charge is 0.435 e. The van der Waals surface area contributed by atoms with Crippen LogP contribution in [-0.2, 0) is 11.0 Å². The average molecular weight is 462 g/mol. The molecule has 3 aromatic rings. The van der Waals surface area contributed by atoms with Gasteiger partial charge in [0.05, 0.1) is 0 Å². The van der Waals surface area contributed by atoms with E-state index < -0.39 is 11.9 Å². The SMILES string of the molecule is Cc1cc(C(F)(F)F)nn1C1CCCCN1c1nc(C2=NOC(c3ccccc3)C2)cs1. The molecule has 0 N–H and O–H groups in total. The zero-order chi connectivity index (χ0) is 22.3. The fraction of sp³-hybridized carbons (Fsp3) is 0.409. The molecule has 0 saturated carbocycles. The van der Waals surface area contributed by atoms with E-state index in [1.54, 1.807) is 6.92 Å². The number of nitrogens with zero attached hydrogens (tertiary/aromatic N) is 5. The highest BCUT2D eigenvalue weighted by Crippen LogP contribution is 2.37. The van der Waals surface area contributed by atoms with Crippen molar-refractivity contribution in [1.82, 2.24) is 14.8 Å². The molecule has 0 aliphatic carbocycles. The van der Waals surface area contributed by atoms with Crippen LogP contribution in [0.2, 0.25) is 0 Å². The van der Waals surface area contributed by atoms with E-state index in [1.807, 2.05) is 35.7 Å². The first kappa shape index (κ1) is 21.0. The molecule has 1 fully saturated rings. The third-order valence-corrected chi connectivity index (χ3v) is 6.72. The lowest BCUT2D eigenvalue weighted by molar-refractivity contribution is -0.141. The van der Waals surface area contributed by atoms with Gasteiger partial charge in [-0.3, -0.25) is 0 Å². The lowest BCUT2D eigenvalue weighted by Crippen LogP contribution is -2.38. The standard InChI is InChI=1S/C22H22F3N5OS/c1-14-11-19(22(23,24)25)27-30(14)20-9-5-6-10-29(20)21-26-17(13-32-21)16-12-18(31-28-16)15-7-3-2-4-8-15/h2-4,7-8,11,13,18,20H,5-6,9-10,12H2,1H3. The van der Waals surface area contributed by atoms with Gasteiger partial charge >= 0.3 is 6.18 Å². The van der Waals surface area contributed by atoms with Gasteiger partial charge in [0, 0.05) is 24.0 Å². The van der Waals surface area contributed by atoms with Crippen molar-refractivity contribution in [2.75, 3.05) is 11.4 Å². The van der Waals surface area contributed by atoms with E-state index >= 15 is 0 Å². The predicted octanol–water partition coefficient (Wildman–Crippen LogP) is 5.72. The maximum atomic E-state index is 13.2. The summed E-state index contributed by atoms with van der Waals surface area (Å²) in [5.41, 5.74) is 2.23. The summed E-state index contributed by atoms with van der Waals surface area (Å²) in [5, 5.41) is 10.8. The minimum atomic E-state index is -4.46. The molecule has 4 heterocycles. The third kappa shape index (κ3) is 3.99. The second-order valence-corrected chi connectivity index (χ2v) is 8.88. The Labute approximate surface area is 187 Å². The van der Waals surface area contributed by atoms with E-state index in [0.29, 0.717) is 18.7 Å². The second-order valence-electron chi connectivity index (χ2n) is 8.05. The normalized spacial score (nSPS) is 21.5. The molecule has 0 amide bonds. The Kier molecular flexibility index (Phi) is 5.40. The summed E-state index contributed by atoms with van der Waals surface area (Å²) < 4.78 is 41.0. The van der Waals surface area contributed by atoms with Crippen molar-refractivity contribution in [2.24, 2.45) is 5.16 Å². The number of benzene rings is 1. The van der Waals surface area contributed by atoms with Crippen molar-refractivity contribution >= 4 is 22.2 Å². The highest BCUT2D eigenvalue weighted by molar-refractivity contribution is 7.14. The van der Waals surface area contributed by atoms with Gasteiger partial charge in [0.2, 0.25) is 0 Å². The van der Waals surface area contributed by atoms with Crippen LogP contribution in [-0.4, -0.2) is 27.0 Å². The number of aromatic nitrogens is 3. The van der Waals surface area contributed by atoms with Gasteiger partial charge in [0.25, 0.3) is 0 Å². The van der Waals surface area contributed by atoms with E-state index in [0.717, 1.165) is 47.4 Å². The van der Waals surface area contributed by atoms with Gasteiger partial charge in [0.15, 0.2) is 16.9 Å². The third-order valence-electron chi connectivity index (χ3n) is 5.84. The molecule has 10 heteroatoms. The molecule has 2 atom stereocenters. The Morgan fingerprint density at radius 3 is 2.72 bits per heavy atom. The monoisotopic (exact) mass is 461 g/mol. The molecule has 32 heavy (non-hydrogen) atoms. The number of rotatable bonds is 4. The first-order valence-electron chi connectivity index (χ1n) is 10.5. The van der Waals surface area contributed by atoms with E-state index in [-0.39, 0.29) is 12.3 Å². The van der Waals surface area contributed by atoms with Gasteiger partial charge in [0.1, 0.15) is 17.6 Å². The lowest BCUT2D eigenvalue weighted by Gasteiger charge is -2.36. The average Bonchev–Trinajstić information content (AvgIpc) is 3.53. The van der Waals surface area contributed by atoms with Crippen molar-refractivity contribution in [3.63, 3.8) is 0 Å². The summed E-state index contributed by atoms with van der Waals surface area (Å²) in [7, 11) is 0. The molecule has 0 bridgehead atoms. The second kappa shape index (κ2) is 8.23. The Morgan fingerprint density at radius 2 is 1.97 bits per heavy atom. The number of hydrogen-bond acceptors (Lipinski definition) is 6. The number of piperidine rings is 1. The molecule has 1 saturated heterocycles. The number of oxime groups is 1. The Morgan fingerprint density at radius 1 is 1.16 bits per heavy atom. The number of thiazole rings is 1. The van der Waals surface area contributed by atoms with Gasteiger partial charge < -0.3 is 9.74 Å². The summed E-state index contributed by atoms with van der Waals surface area (Å²) in [5.74, 6) is 0. The summed E-state index contributed by atoms with van der Waals surface area (Å²) in [6.07, 6.45) is -1.65. The zero-order valence-corrected chi connectivity index (χ0v) is 18.2. The van der Waals surface area contributed by atoms with E-state index in [1.165, 1.54) is 16.0 Å². The lowest BCUT2D eigenvalue weighted by atomic mass is 10.0. The predicted molar refractivity (Wildman–Crippen MR) is 116 cm³/mol.